The van der Waals surface area contributed by atoms with Crippen LogP contribution in [0.3, 0.4) is 0 Å². The zero-order valence-corrected chi connectivity index (χ0v) is 13.2. The van der Waals surface area contributed by atoms with E-state index in [4.69, 9.17) is 4.42 Å². The van der Waals surface area contributed by atoms with Crippen molar-refractivity contribution in [1.29, 1.82) is 0 Å². The van der Waals surface area contributed by atoms with Crippen LogP contribution < -0.4 is 0 Å². The molecule has 3 rings (SSSR count). The number of halogens is 1. The third kappa shape index (κ3) is 2.81. The summed E-state index contributed by atoms with van der Waals surface area (Å²) in [5.74, 6) is 0.278. The summed E-state index contributed by atoms with van der Waals surface area (Å²) in [6.07, 6.45) is 0. The fraction of sp³-hybridized carbons (Fsp3) is 0.333. The maximum absolute atomic E-state index is 12.4. The zero-order valence-electron chi connectivity index (χ0n) is 11.6. The molecular formula is C15H15BrN2O3. The van der Waals surface area contributed by atoms with Crippen molar-refractivity contribution in [3.63, 3.8) is 0 Å². The second-order valence-corrected chi connectivity index (χ2v) is 6.01. The lowest BCUT2D eigenvalue weighted by atomic mass is 10.2. The highest BCUT2D eigenvalue weighted by atomic mass is 79.9. The molecule has 1 fully saturated rings. The lowest BCUT2D eigenvalue weighted by Gasteiger charge is -2.33. The molecule has 1 aromatic carbocycles. The van der Waals surface area contributed by atoms with Crippen molar-refractivity contribution in [3.05, 3.63) is 34.5 Å². The zero-order chi connectivity index (χ0) is 15.0. The molecule has 0 bridgehead atoms. The minimum Gasteiger partial charge on any atom is -0.451 e. The molecule has 6 heteroatoms. The Kier molecular flexibility index (Phi) is 3.71. The van der Waals surface area contributed by atoms with Crippen LogP contribution in [0.4, 0.5) is 0 Å². The van der Waals surface area contributed by atoms with E-state index in [9.17, 15) is 9.59 Å². The maximum atomic E-state index is 12.4. The van der Waals surface area contributed by atoms with E-state index in [0.29, 0.717) is 37.5 Å². The Labute approximate surface area is 130 Å². The van der Waals surface area contributed by atoms with Gasteiger partial charge in [-0.25, -0.2) is 0 Å². The number of carbonyl (C=O) groups excluding carboxylic acids is 2. The molecule has 1 aliphatic rings. The topological polar surface area (TPSA) is 53.8 Å². The van der Waals surface area contributed by atoms with Gasteiger partial charge in [0, 0.05) is 43.0 Å². The first-order valence-electron chi connectivity index (χ1n) is 6.78. The number of hydrogen-bond donors (Lipinski definition) is 0. The van der Waals surface area contributed by atoms with Gasteiger partial charge in [-0.1, -0.05) is 15.9 Å². The fourth-order valence-corrected chi connectivity index (χ4v) is 2.88. The highest BCUT2D eigenvalue weighted by Crippen LogP contribution is 2.24. The average molecular weight is 351 g/mol. The van der Waals surface area contributed by atoms with E-state index in [0.717, 1.165) is 9.86 Å². The number of rotatable bonds is 1. The van der Waals surface area contributed by atoms with Crippen molar-refractivity contribution in [1.82, 2.24) is 9.80 Å². The summed E-state index contributed by atoms with van der Waals surface area (Å²) in [5, 5.41) is 0.898. The van der Waals surface area contributed by atoms with Gasteiger partial charge in [0.05, 0.1) is 0 Å². The summed E-state index contributed by atoms with van der Waals surface area (Å²) in [6.45, 7) is 3.78. The Bertz CT molecular complexity index is 702. The van der Waals surface area contributed by atoms with Crippen LogP contribution in [0.5, 0.6) is 0 Å². The third-order valence-corrected chi connectivity index (χ3v) is 4.19. The van der Waals surface area contributed by atoms with Gasteiger partial charge in [0.15, 0.2) is 5.76 Å². The summed E-state index contributed by atoms with van der Waals surface area (Å²) in [6, 6.07) is 7.40. The Hall–Kier alpha value is -1.82. The van der Waals surface area contributed by atoms with Crippen molar-refractivity contribution in [2.45, 2.75) is 6.92 Å². The lowest BCUT2D eigenvalue weighted by Crippen LogP contribution is -2.50. The molecule has 1 saturated heterocycles. The smallest absolute Gasteiger partial charge is 0.289 e. The minimum atomic E-state index is -0.120. The molecule has 2 aromatic rings. The summed E-state index contributed by atoms with van der Waals surface area (Å²) in [4.78, 5) is 27.2. The molecule has 2 heterocycles. The summed E-state index contributed by atoms with van der Waals surface area (Å²) in [7, 11) is 0. The average Bonchev–Trinajstić information content (AvgIpc) is 2.89. The molecule has 2 amide bonds. The molecule has 0 aliphatic carbocycles. The molecule has 21 heavy (non-hydrogen) atoms. The van der Waals surface area contributed by atoms with Gasteiger partial charge < -0.3 is 14.2 Å². The summed E-state index contributed by atoms with van der Waals surface area (Å²) >= 11 is 3.40. The highest BCUT2D eigenvalue weighted by Gasteiger charge is 2.25. The fourth-order valence-electron chi connectivity index (χ4n) is 2.50. The first-order valence-corrected chi connectivity index (χ1v) is 7.58. The van der Waals surface area contributed by atoms with Gasteiger partial charge in [0.25, 0.3) is 5.91 Å². The molecule has 0 N–H and O–H groups in total. The second-order valence-electron chi connectivity index (χ2n) is 5.09. The van der Waals surface area contributed by atoms with Crippen LogP contribution in [0.2, 0.25) is 0 Å². The molecule has 5 nitrogen and oxygen atoms in total. The predicted molar refractivity (Wildman–Crippen MR) is 82.1 cm³/mol. The first kappa shape index (κ1) is 14.1. The van der Waals surface area contributed by atoms with E-state index in [1.165, 1.54) is 0 Å². The van der Waals surface area contributed by atoms with Crippen LogP contribution in [-0.2, 0) is 4.79 Å². The van der Waals surface area contributed by atoms with Crippen molar-refractivity contribution >= 4 is 38.7 Å². The van der Waals surface area contributed by atoms with E-state index in [1.54, 1.807) is 22.8 Å². The van der Waals surface area contributed by atoms with E-state index >= 15 is 0 Å². The molecule has 0 saturated carbocycles. The van der Waals surface area contributed by atoms with Crippen LogP contribution in [0.15, 0.2) is 33.2 Å². The molecule has 110 valence electrons. The number of hydrogen-bond acceptors (Lipinski definition) is 3. The van der Waals surface area contributed by atoms with E-state index in [2.05, 4.69) is 15.9 Å². The van der Waals surface area contributed by atoms with Gasteiger partial charge in [-0.05, 0) is 24.3 Å². The van der Waals surface area contributed by atoms with Crippen molar-refractivity contribution in [3.8, 4) is 0 Å². The van der Waals surface area contributed by atoms with E-state index in [1.807, 2.05) is 18.2 Å². The molecule has 0 radical (unpaired) electrons. The maximum Gasteiger partial charge on any atom is 0.289 e. The van der Waals surface area contributed by atoms with E-state index < -0.39 is 0 Å². The number of carbonyl (C=O) groups is 2. The molecule has 1 aromatic heterocycles. The van der Waals surface area contributed by atoms with Crippen LogP contribution >= 0.6 is 15.9 Å². The second kappa shape index (κ2) is 5.52. The number of nitrogens with zero attached hydrogens (tertiary/aromatic N) is 2. The van der Waals surface area contributed by atoms with Gasteiger partial charge in [-0.2, -0.15) is 0 Å². The van der Waals surface area contributed by atoms with Crippen LogP contribution in [-0.4, -0.2) is 47.8 Å². The minimum absolute atomic E-state index is 0.0516. The molecule has 0 spiro atoms. The standard InChI is InChI=1S/C15H15BrN2O3/c1-10(19)17-4-6-18(7-5-17)15(20)14-9-11-8-12(16)2-3-13(11)21-14/h2-3,8-9H,4-7H2,1H3. The Morgan fingerprint density at radius 2 is 1.76 bits per heavy atom. The van der Waals surface area contributed by atoms with Gasteiger partial charge in [0.1, 0.15) is 5.58 Å². The first-order chi connectivity index (χ1) is 10.0. The Morgan fingerprint density at radius 1 is 1.10 bits per heavy atom. The van der Waals surface area contributed by atoms with E-state index in [-0.39, 0.29) is 11.8 Å². The number of piperazine rings is 1. The molecule has 0 unspecified atom stereocenters. The van der Waals surface area contributed by atoms with Gasteiger partial charge in [0.2, 0.25) is 5.91 Å². The summed E-state index contributed by atoms with van der Waals surface area (Å²) in [5.41, 5.74) is 0.698. The number of furan rings is 1. The largest absolute Gasteiger partial charge is 0.451 e. The predicted octanol–water partition coefficient (Wildman–Crippen LogP) is 2.50. The summed E-state index contributed by atoms with van der Waals surface area (Å²) < 4.78 is 6.57. The normalized spacial score (nSPS) is 15.5. The number of benzene rings is 1. The number of amides is 2. The lowest BCUT2D eigenvalue weighted by molar-refractivity contribution is -0.130. The monoisotopic (exact) mass is 350 g/mol. The van der Waals surface area contributed by atoms with Gasteiger partial charge in [-0.3, -0.25) is 9.59 Å². The molecular weight excluding hydrogens is 336 g/mol. The third-order valence-electron chi connectivity index (χ3n) is 3.70. The number of fused-ring (bicyclic) bond motifs is 1. The van der Waals surface area contributed by atoms with Crippen molar-refractivity contribution in [2.75, 3.05) is 26.2 Å². The Morgan fingerprint density at radius 3 is 2.43 bits per heavy atom. The molecule has 0 atom stereocenters. The van der Waals surface area contributed by atoms with Gasteiger partial charge in [-0.15, -0.1) is 0 Å². The van der Waals surface area contributed by atoms with Crippen LogP contribution in [0, 0.1) is 0 Å². The van der Waals surface area contributed by atoms with Crippen LogP contribution in [0.1, 0.15) is 17.5 Å². The Balaban J connectivity index is 1.76. The van der Waals surface area contributed by atoms with Gasteiger partial charge >= 0.3 is 0 Å². The van der Waals surface area contributed by atoms with Crippen molar-refractivity contribution in [2.24, 2.45) is 0 Å². The molecule has 1 aliphatic heterocycles. The van der Waals surface area contributed by atoms with Crippen LogP contribution in [0.25, 0.3) is 11.0 Å². The highest BCUT2D eigenvalue weighted by molar-refractivity contribution is 9.10. The SMILES string of the molecule is CC(=O)N1CCN(C(=O)c2cc3cc(Br)ccc3o2)CC1. The quantitative estimate of drug-likeness (QED) is 0.793. The van der Waals surface area contributed by atoms with Crippen molar-refractivity contribution < 1.29 is 14.0 Å².